The van der Waals surface area contributed by atoms with Gasteiger partial charge in [-0.2, -0.15) is 0 Å². The van der Waals surface area contributed by atoms with Crippen molar-refractivity contribution in [2.45, 2.75) is 4.90 Å². The molecule has 0 unspecified atom stereocenters. The van der Waals surface area contributed by atoms with Crippen LogP contribution in [0.25, 0.3) is 10.8 Å². The quantitative estimate of drug-likeness (QED) is 0.456. The van der Waals surface area contributed by atoms with Gasteiger partial charge in [0.1, 0.15) is 5.75 Å². The molecule has 0 aromatic heterocycles. The van der Waals surface area contributed by atoms with Crippen LogP contribution in [0.1, 0.15) is 10.4 Å². The molecule has 4 aromatic rings. The molecule has 1 N–H and O–H groups in total. The first kappa shape index (κ1) is 21.4. The van der Waals surface area contributed by atoms with E-state index in [1.165, 1.54) is 38.4 Å². The number of sulfonamides is 1. The Kier molecular flexibility index (Phi) is 5.83. The van der Waals surface area contributed by atoms with Crippen LogP contribution in [0.5, 0.6) is 5.75 Å². The van der Waals surface area contributed by atoms with Gasteiger partial charge in [-0.25, -0.2) is 8.42 Å². The van der Waals surface area contributed by atoms with E-state index in [-0.39, 0.29) is 10.8 Å². The third-order valence-corrected chi connectivity index (χ3v) is 7.02. The predicted octanol–water partition coefficient (Wildman–Crippen LogP) is 4.93. The molecule has 0 saturated heterocycles. The summed E-state index contributed by atoms with van der Waals surface area (Å²) in [6.07, 6.45) is 0. The van der Waals surface area contributed by atoms with E-state index in [4.69, 9.17) is 4.74 Å². The number of ether oxygens (including phenoxy) is 1. The summed E-state index contributed by atoms with van der Waals surface area (Å²) in [5.41, 5.74) is 1.48. The number of hydrogen-bond donors (Lipinski definition) is 1. The van der Waals surface area contributed by atoms with Gasteiger partial charge in [0.25, 0.3) is 15.9 Å². The number of nitrogens with one attached hydrogen (secondary N) is 1. The van der Waals surface area contributed by atoms with Gasteiger partial charge >= 0.3 is 0 Å². The highest BCUT2D eigenvalue weighted by molar-refractivity contribution is 7.92. The topological polar surface area (TPSA) is 75.7 Å². The average molecular weight is 447 g/mol. The average Bonchev–Trinajstić information content (AvgIpc) is 2.83. The van der Waals surface area contributed by atoms with E-state index < -0.39 is 10.0 Å². The van der Waals surface area contributed by atoms with E-state index in [2.05, 4.69) is 5.32 Å². The molecule has 4 rings (SSSR count). The molecule has 0 atom stereocenters. The lowest BCUT2D eigenvalue weighted by atomic mass is 10.1. The lowest BCUT2D eigenvalue weighted by Crippen LogP contribution is -2.27. The number of rotatable bonds is 6. The molecule has 0 aliphatic heterocycles. The number of amides is 1. The van der Waals surface area contributed by atoms with Crippen LogP contribution in [0.2, 0.25) is 0 Å². The molecule has 0 aliphatic carbocycles. The zero-order valence-corrected chi connectivity index (χ0v) is 18.5. The lowest BCUT2D eigenvalue weighted by molar-refractivity contribution is 0.102. The number of hydrogen-bond acceptors (Lipinski definition) is 4. The van der Waals surface area contributed by atoms with Crippen molar-refractivity contribution in [1.82, 2.24) is 0 Å². The second kappa shape index (κ2) is 8.72. The molecule has 4 aromatic carbocycles. The van der Waals surface area contributed by atoms with Gasteiger partial charge in [-0.1, -0.05) is 48.5 Å². The van der Waals surface area contributed by atoms with E-state index in [0.29, 0.717) is 22.7 Å². The highest BCUT2D eigenvalue weighted by Crippen LogP contribution is 2.31. The Bertz CT molecular complexity index is 1380. The fourth-order valence-electron chi connectivity index (χ4n) is 3.48. The molecule has 0 spiro atoms. The molecular weight excluding hydrogens is 424 g/mol. The van der Waals surface area contributed by atoms with E-state index in [1.807, 2.05) is 42.5 Å². The number of carbonyl (C=O) groups excluding carboxylic acids is 1. The van der Waals surface area contributed by atoms with Crippen molar-refractivity contribution in [2.75, 3.05) is 23.8 Å². The minimum Gasteiger partial charge on any atom is -0.495 e. The summed E-state index contributed by atoms with van der Waals surface area (Å²) < 4.78 is 32.6. The number of methoxy groups -OCH3 is 1. The minimum absolute atomic E-state index is 0.0765. The maximum absolute atomic E-state index is 13.1. The highest BCUT2D eigenvalue weighted by atomic mass is 32.2. The maximum Gasteiger partial charge on any atom is 0.264 e. The summed E-state index contributed by atoms with van der Waals surface area (Å²) in [5.74, 6) is 0.132. The van der Waals surface area contributed by atoms with E-state index in [9.17, 15) is 13.2 Å². The van der Waals surface area contributed by atoms with Crippen molar-refractivity contribution in [2.24, 2.45) is 0 Å². The van der Waals surface area contributed by atoms with Crippen molar-refractivity contribution in [1.29, 1.82) is 0 Å². The molecule has 0 saturated carbocycles. The van der Waals surface area contributed by atoms with Gasteiger partial charge in [0, 0.05) is 23.7 Å². The highest BCUT2D eigenvalue weighted by Gasteiger charge is 2.24. The fraction of sp³-hybridized carbons (Fsp3) is 0.0800. The summed E-state index contributed by atoms with van der Waals surface area (Å²) >= 11 is 0. The fourth-order valence-corrected chi connectivity index (χ4v) is 4.69. The summed E-state index contributed by atoms with van der Waals surface area (Å²) in [5, 5.41) is 4.86. The predicted molar refractivity (Wildman–Crippen MR) is 127 cm³/mol. The molecule has 0 bridgehead atoms. The first-order valence-electron chi connectivity index (χ1n) is 9.93. The molecule has 7 heteroatoms. The van der Waals surface area contributed by atoms with Gasteiger partial charge in [0.2, 0.25) is 0 Å². The van der Waals surface area contributed by atoms with Crippen molar-refractivity contribution in [3.8, 4) is 5.75 Å². The van der Waals surface area contributed by atoms with Crippen LogP contribution in [-0.2, 0) is 10.0 Å². The molecule has 0 fully saturated rings. The Labute approximate surface area is 187 Å². The van der Waals surface area contributed by atoms with Gasteiger partial charge in [-0.3, -0.25) is 9.10 Å². The zero-order valence-electron chi connectivity index (χ0n) is 17.6. The Morgan fingerprint density at radius 1 is 0.844 bits per heavy atom. The number of carbonyl (C=O) groups is 1. The van der Waals surface area contributed by atoms with Crippen molar-refractivity contribution in [3.05, 3.63) is 96.6 Å². The van der Waals surface area contributed by atoms with Crippen LogP contribution >= 0.6 is 0 Å². The standard InChI is InChI=1S/C25H22N2O4S/c1-27(23-12-5-6-13-24(23)31-2)32(29,30)20-16-14-19(15-17-20)25(28)26-22-11-7-9-18-8-3-4-10-21(18)22/h3-17H,1-2H3,(H,26,28). The summed E-state index contributed by atoms with van der Waals surface area (Å²) in [6, 6.07) is 26.2. The first-order valence-corrected chi connectivity index (χ1v) is 11.4. The van der Waals surface area contributed by atoms with Gasteiger partial charge in [-0.05, 0) is 47.9 Å². The first-order chi connectivity index (χ1) is 15.4. The molecule has 0 radical (unpaired) electrons. The van der Waals surface area contributed by atoms with Crippen LogP contribution in [0, 0.1) is 0 Å². The van der Waals surface area contributed by atoms with Crippen LogP contribution in [-0.4, -0.2) is 28.5 Å². The molecule has 32 heavy (non-hydrogen) atoms. The number of anilines is 2. The molecule has 1 amide bonds. The summed E-state index contributed by atoms with van der Waals surface area (Å²) in [6.45, 7) is 0. The van der Waals surface area contributed by atoms with E-state index in [1.54, 1.807) is 24.3 Å². The third kappa shape index (κ3) is 4.02. The van der Waals surface area contributed by atoms with Crippen molar-refractivity contribution in [3.63, 3.8) is 0 Å². The van der Waals surface area contributed by atoms with Crippen LogP contribution < -0.4 is 14.4 Å². The SMILES string of the molecule is COc1ccccc1N(C)S(=O)(=O)c1ccc(C(=O)Nc2cccc3ccccc23)cc1. The Morgan fingerprint density at radius 2 is 1.50 bits per heavy atom. The number of fused-ring (bicyclic) bond motifs is 1. The van der Waals surface area contributed by atoms with Gasteiger partial charge in [-0.15, -0.1) is 0 Å². The molecule has 0 heterocycles. The number of nitrogens with zero attached hydrogens (tertiary/aromatic N) is 1. The summed E-state index contributed by atoms with van der Waals surface area (Å²) in [7, 11) is -0.878. The Balaban J connectivity index is 1.57. The zero-order chi connectivity index (χ0) is 22.7. The van der Waals surface area contributed by atoms with E-state index in [0.717, 1.165) is 15.1 Å². The monoisotopic (exact) mass is 446 g/mol. The van der Waals surface area contributed by atoms with Crippen molar-refractivity contribution < 1.29 is 17.9 Å². The minimum atomic E-state index is -3.83. The van der Waals surface area contributed by atoms with Crippen LogP contribution in [0.15, 0.2) is 95.9 Å². The summed E-state index contributed by atoms with van der Waals surface area (Å²) in [4.78, 5) is 12.8. The second-order valence-corrected chi connectivity index (χ2v) is 9.12. The normalized spacial score (nSPS) is 11.2. The maximum atomic E-state index is 13.1. The third-order valence-electron chi connectivity index (χ3n) is 5.24. The molecule has 162 valence electrons. The van der Waals surface area contributed by atoms with Gasteiger partial charge in [0.15, 0.2) is 0 Å². The van der Waals surface area contributed by atoms with Gasteiger partial charge < -0.3 is 10.1 Å². The Morgan fingerprint density at radius 3 is 2.25 bits per heavy atom. The molecule has 0 aliphatic rings. The molecule has 6 nitrogen and oxygen atoms in total. The largest absolute Gasteiger partial charge is 0.495 e. The number of benzene rings is 4. The van der Waals surface area contributed by atoms with E-state index >= 15 is 0 Å². The van der Waals surface area contributed by atoms with Gasteiger partial charge in [0.05, 0.1) is 17.7 Å². The Hall–Kier alpha value is -3.84. The number of para-hydroxylation sites is 2. The molecular formula is C25H22N2O4S. The lowest BCUT2D eigenvalue weighted by Gasteiger charge is -2.21. The van der Waals surface area contributed by atoms with Crippen LogP contribution in [0.4, 0.5) is 11.4 Å². The van der Waals surface area contributed by atoms with Crippen LogP contribution in [0.3, 0.4) is 0 Å². The van der Waals surface area contributed by atoms with Crippen molar-refractivity contribution >= 4 is 38.1 Å². The second-order valence-electron chi connectivity index (χ2n) is 7.15. The smallest absolute Gasteiger partial charge is 0.264 e.